The highest BCUT2D eigenvalue weighted by molar-refractivity contribution is 5.93. The number of nitrogens with zero attached hydrogens (tertiary/aromatic N) is 1. The number of halogens is 1. The van der Waals surface area contributed by atoms with Gasteiger partial charge in [-0.2, -0.15) is 4.39 Å². The molecule has 7 nitrogen and oxygen atoms in total. The molecule has 0 saturated carbocycles. The molecule has 1 saturated heterocycles. The molecule has 2 heterocycles. The second-order valence-corrected chi connectivity index (χ2v) is 5.16. The molecule has 2 rings (SSSR count). The number of aliphatic hydroxyl groups is 1. The van der Waals surface area contributed by atoms with E-state index in [0.717, 1.165) is 6.20 Å². The third-order valence-electron chi connectivity index (χ3n) is 3.80. The molecule has 2 aliphatic heterocycles. The van der Waals surface area contributed by atoms with Crippen LogP contribution >= 0.6 is 0 Å². The monoisotopic (exact) mass is 300 g/mol. The Morgan fingerprint density at radius 2 is 2.43 bits per heavy atom. The summed E-state index contributed by atoms with van der Waals surface area (Å²) < 4.78 is 23.8. The maximum Gasteiger partial charge on any atom is 0.314 e. The number of hydrogen-bond donors (Lipinski definition) is 2. The summed E-state index contributed by atoms with van der Waals surface area (Å²) in [7, 11) is 1.25. The molecule has 116 valence electrons. The molecule has 1 amide bonds. The Bertz CT molecular complexity index is 521. The van der Waals surface area contributed by atoms with E-state index in [0.29, 0.717) is 0 Å². The van der Waals surface area contributed by atoms with Gasteiger partial charge in [-0.25, -0.2) is 0 Å². The van der Waals surface area contributed by atoms with Crippen LogP contribution in [0, 0.1) is 5.41 Å². The minimum atomic E-state index is -1.07. The predicted octanol–water partition coefficient (Wildman–Crippen LogP) is -0.0131. The maximum absolute atomic E-state index is 13.4. The Morgan fingerprint density at radius 1 is 1.76 bits per heavy atom. The van der Waals surface area contributed by atoms with E-state index >= 15 is 0 Å². The number of aliphatic hydroxyl groups excluding tert-OH is 1. The molecule has 0 aromatic carbocycles. The van der Waals surface area contributed by atoms with Gasteiger partial charge in [0.25, 0.3) is 5.91 Å². The van der Waals surface area contributed by atoms with Gasteiger partial charge in [0, 0.05) is 12.6 Å². The largest absolute Gasteiger partial charge is 0.469 e. The van der Waals surface area contributed by atoms with Crippen molar-refractivity contribution in [3.63, 3.8) is 0 Å². The number of hydrogen-bond acceptors (Lipinski definition) is 6. The number of methoxy groups -OCH3 is 1. The first-order chi connectivity index (χ1) is 9.83. The zero-order valence-corrected chi connectivity index (χ0v) is 11.8. The zero-order chi connectivity index (χ0) is 15.8. The molecule has 2 N–H and O–H groups in total. The minimum absolute atomic E-state index is 0.136. The van der Waals surface area contributed by atoms with Crippen molar-refractivity contribution < 1.29 is 28.6 Å². The Morgan fingerprint density at radius 3 is 3.00 bits per heavy atom. The highest BCUT2D eigenvalue weighted by atomic mass is 19.1. The SMILES string of the molecule is C=C1NC(=O)C(F)=CN1[C@H]1CC(C)(C(=O)OC)[C@@H](CO)O1. The van der Waals surface area contributed by atoms with Gasteiger partial charge in [0.05, 0.1) is 25.2 Å². The van der Waals surface area contributed by atoms with Crippen molar-refractivity contribution >= 4 is 11.9 Å². The zero-order valence-electron chi connectivity index (χ0n) is 11.8. The minimum Gasteiger partial charge on any atom is -0.469 e. The molecule has 0 aromatic heterocycles. The van der Waals surface area contributed by atoms with Gasteiger partial charge in [0.15, 0.2) is 0 Å². The van der Waals surface area contributed by atoms with Gasteiger partial charge in [0.1, 0.15) is 12.0 Å². The van der Waals surface area contributed by atoms with Crippen molar-refractivity contribution in [1.82, 2.24) is 10.2 Å². The third-order valence-corrected chi connectivity index (χ3v) is 3.80. The summed E-state index contributed by atoms with van der Waals surface area (Å²) in [6.07, 6.45) is -0.422. The van der Waals surface area contributed by atoms with E-state index in [1.165, 1.54) is 12.0 Å². The van der Waals surface area contributed by atoms with Crippen LogP contribution in [-0.2, 0) is 19.1 Å². The topological polar surface area (TPSA) is 88.1 Å². The predicted molar refractivity (Wildman–Crippen MR) is 68.8 cm³/mol. The molecule has 1 fully saturated rings. The molecule has 3 atom stereocenters. The van der Waals surface area contributed by atoms with E-state index in [-0.39, 0.29) is 18.8 Å². The molecule has 0 spiro atoms. The molecule has 0 aliphatic carbocycles. The summed E-state index contributed by atoms with van der Waals surface area (Å²) in [5, 5.41) is 11.6. The van der Waals surface area contributed by atoms with Crippen LogP contribution in [0.1, 0.15) is 13.3 Å². The van der Waals surface area contributed by atoms with Gasteiger partial charge in [-0.1, -0.05) is 6.58 Å². The molecule has 0 bridgehead atoms. The second-order valence-electron chi connectivity index (χ2n) is 5.16. The Labute approximate surface area is 121 Å². The summed E-state index contributed by atoms with van der Waals surface area (Å²) in [5.41, 5.74) is -1.07. The molecule has 0 aromatic rings. The van der Waals surface area contributed by atoms with Crippen LogP contribution in [0.2, 0.25) is 0 Å². The lowest BCUT2D eigenvalue weighted by Gasteiger charge is -2.31. The lowest BCUT2D eigenvalue weighted by Crippen LogP contribution is -2.42. The molecule has 0 radical (unpaired) electrons. The van der Waals surface area contributed by atoms with Gasteiger partial charge < -0.3 is 24.8 Å². The smallest absolute Gasteiger partial charge is 0.314 e. The fraction of sp³-hybridized carbons (Fsp3) is 0.538. The Kier molecular flexibility index (Phi) is 4.02. The fourth-order valence-corrected chi connectivity index (χ4v) is 2.51. The van der Waals surface area contributed by atoms with Gasteiger partial charge in [-0.05, 0) is 6.92 Å². The standard InChI is InChI=1S/C13H17FN2O5/c1-7-15-11(18)8(14)5-16(7)10-4-13(2,12(19)20-3)9(6-17)21-10/h5,9-10,17H,1,4,6H2,2-3H3,(H,15,18)/t9-,10-,13?/m1/s1. The lowest BCUT2D eigenvalue weighted by molar-refractivity contribution is -0.156. The molecule has 1 unspecified atom stereocenters. The van der Waals surface area contributed by atoms with Crippen LogP contribution in [0.4, 0.5) is 4.39 Å². The summed E-state index contributed by atoms with van der Waals surface area (Å²) >= 11 is 0. The highest BCUT2D eigenvalue weighted by Crippen LogP contribution is 2.41. The van der Waals surface area contributed by atoms with E-state index in [9.17, 15) is 19.1 Å². The van der Waals surface area contributed by atoms with Crippen LogP contribution in [-0.4, -0.2) is 47.9 Å². The Hall–Kier alpha value is -1.93. The maximum atomic E-state index is 13.4. The number of esters is 1. The average Bonchev–Trinajstić information content (AvgIpc) is 2.80. The molecule has 8 heteroatoms. The first-order valence-corrected chi connectivity index (χ1v) is 6.34. The third kappa shape index (κ3) is 2.52. The molecule has 2 aliphatic rings. The first-order valence-electron chi connectivity index (χ1n) is 6.34. The number of carbonyl (C=O) groups excluding carboxylic acids is 2. The van der Waals surface area contributed by atoms with E-state index < -0.39 is 35.5 Å². The summed E-state index contributed by atoms with van der Waals surface area (Å²) in [6.45, 7) is 4.83. The van der Waals surface area contributed by atoms with Gasteiger partial charge in [-0.15, -0.1) is 0 Å². The Balaban J connectivity index is 2.26. The fourth-order valence-electron chi connectivity index (χ4n) is 2.51. The molecule has 21 heavy (non-hydrogen) atoms. The van der Waals surface area contributed by atoms with Crippen molar-refractivity contribution in [2.24, 2.45) is 5.41 Å². The van der Waals surface area contributed by atoms with Crippen molar-refractivity contribution in [1.29, 1.82) is 0 Å². The number of ether oxygens (including phenoxy) is 2. The summed E-state index contributed by atoms with van der Waals surface area (Å²) in [4.78, 5) is 24.4. The van der Waals surface area contributed by atoms with E-state index in [2.05, 4.69) is 11.9 Å². The van der Waals surface area contributed by atoms with Gasteiger partial charge in [0.2, 0.25) is 5.83 Å². The number of amides is 1. The van der Waals surface area contributed by atoms with Crippen molar-refractivity contribution in [2.75, 3.05) is 13.7 Å². The van der Waals surface area contributed by atoms with Crippen molar-refractivity contribution in [3.05, 3.63) is 24.4 Å². The lowest BCUT2D eigenvalue weighted by atomic mass is 9.83. The van der Waals surface area contributed by atoms with Crippen LogP contribution < -0.4 is 5.32 Å². The van der Waals surface area contributed by atoms with Crippen LogP contribution in [0.3, 0.4) is 0 Å². The number of carbonyl (C=O) groups is 2. The quantitative estimate of drug-likeness (QED) is 0.713. The molecular formula is C13H17FN2O5. The van der Waals surface area contributed by atoms with Crippen LogP contribution in [0.25, 0.3) is 0 Å². The summed E-state index contributed by atoms with van der Waals surface area (Å²) in [5.74, 6) is -2.26. The number of rotatable bonds is 3. The first kappa shape index (κ1) is 15.5. The second kappa shape index (κ2) is 5.45. The van der Waals surface area contributed by atoms with E-state index in [4.69, 9.17) is 9.47 Å². The van der Waals surface area contributed by atoms with Gasteiger partial charge >= 0.3 is 5.97 Å². The molecular weight excluding hydrogens is 283 g/mol. The normalized spacial score (nSPS) is 32.8. The highest BCUT2D eigenvalue weighted by Gasteiger charge is 2.53. The van der Waals surface area contributed by atoms with Crippen molar-refractivity contribution in [2.45, 2.75) is 25.7 Å². The van der Waals surface area contributed by atoms with Crippen LogP contribution in [0.15, 0.2) is 24.4 Å². The van der Waals surface area contributed by atoms with Crippen LogP contribution in [0.5, 0.6) is 0 Å². The van der Waals surface area contributed by atoms with E-state index in [1.807, 2.05) is 0 Å². The van der Waals surface area contributed by atoms with Crippen molar-refractivity contribution in [3.8, 4) is 0 Å². The number of nitrogens with one attached hydrogen (secondary N) is 1. The average molecular weight is 300 g/mol. The van der Waals surface area contributed by atoms with Gasteiger partial charge in [-0.3, -0.25) is 9.59 Å². The van der Waals surface area contributed by atoms with E-state index in [1.54, 1.807) is 6.92 Å². The summed E-state index contributed by atoms with van der Waals surface area (Å²) in [6, 6.07) is 0.